The Morgan fingerprint density at radius 3 is 2.46 bits per heavy atom. The minimum atomic E-state index is -3.19. The lowest BCUT2D eigenvalue weighted by Gasteiger charge is -2.37. The number of nitriles is 1. The van der Waals surface area contributed by atoms with Gasteiger partial charge in [0.05, 0.1) is 11.8 Å². The quantitative estimate of drug-likeness (QED) is 0.228. The number of hydrogen-bond donors (Lipinski definition) is 1. The summed E-state index contributed by atoms with van der Waals surface area (Å²) in [4.78, 5) is 28.0. The molecule has 1 amide bonds. The molecule has 13 nitrogen and oxygen atoms in total. The van der Waals surface area contributed by atoms with Crippen molar-refractivity contribution >= 4 is 44.3 Å². The average Bonchev–Trinajstić information content (AvgIpc) is 3.48. The third-order valence-corrected chi connectivity index (χ3v) is 11.7. The molecule has 2 aliphatic rings. The van der Waals surface area contributed by atoms with Crippen LogP contribution in [0.2, 0.25) is 5.02 Å². The number of piperazine rings is 1. The van der Waals surface area contributed by atoms with Crippen molar-refractivity contribution in [1.82, 2.24) is 33.5 Å². The van der Waals surface area contributed by atoms with E-state index >= 15 is 0 Å². The molecular formula is C37H46ClN9O4S. The van der Waals surface area contributed by atoms with Crippen molar-refractivity contribution in [2.45, 2.75) is 51.9 Å². The number of hydrogen-bond acceptors (Lipinski definition) is 10. The molecule has 1 atom stereocenters. The Morgan fingerprint density at radius 2 is 1.79 bits per heavy atom. The number of benzene rings is 2. The molecule has 0 saturated carbocycles. The smallest absolute Gasteiger partial charge is 0.262 e. The predicted octanol–water partition coefficient (Wildman–Crippen LogP) is 4.80. The van der Waals surface area contributed by atoms with Crippen LogP contribution < -0.4 is 10.1 Å². The molecule has 1 unspecified atom stereocenters. The Balaban J connectivity index is 1.08. The number of anilines is 1. The second-order valence-corrected chi connectivity index (χ2v) is 16.3. The van der Waals surface area contributed by atoms with Gasteiger partial charge in [-0.25, -0.2) is 18.4 Å². The molecule has 4 aromatic rings. The van der Waals surface area contributed by atoms with Crippen LogP contribution >= 0.6 is 11.6 Å². The van der Waals surface area contributed by atoms with E-state index in [1.807, 2.05) is 6.07 Å². The number of aryl methyl sites for hydroxylation is 1. The van der Waals surface area contributed by atoms with E-state index in [0.29, 0.717) is 60.6 Å². The average molecular weight is 748 g/mol. The summed E-state index contributed by atoms with van der Waals surface area (Å²) < 4.78 is 33.7. The second kappa shape index (κ2) is 15.8. The van der Waals surface area contributed by atoms with Gasteiger partial charge in [-0.2, -0.15) is 9.57 Å². The van der Waals surface area contributed by atoms with Crippen molar-refractivity contribution in [1.29, 1.82) is 5.26 Å². The number of sulfonamides is 1. The van der Waals surface area contributed by atoms with Gasteiger partial charge in [-0.05, 0) is 68.1 Å². The summed E-state index contributed by atoms with van der Waals surface area (Å²) in [6.07, 6.45) is 6.23. The topological polar surface area (TPSA) is 140 Å². The number of aromatic nitrogens is 3. The van der Waals surface area contributed by atoms with Crippen LogP contribution in [0.5, 0.6) is 11.6 Å². The Labute approximate surface area is 310 Å². The highest BCUT2D eigenvalue weighted by Gasteiger charge is 2.28. The molecule has 2 aromatic heterocycles. The van der Waals surface area contributed by atoms with Crippen molar-refractivity contribution < 1.29 is 17.9 Å². The van der Waals surface area contributed by atoms with E-state index in [0.717, 1.165) is 43.4 Å². The van der Waals surface area contributed by atoms with E-state index in [2.05, 4.69) is 61.7 Å². The minimum absolute atomic E-state index is 0.144. The molecule has 0 bridgehead atoms. The van der Waals surface area contributed by atoms with Gasteiger partial charge < -0.3 is 19.5 Å². The molecule has 0 aliphatic carbocycles. The summed E-state index contributed by atoms with van der Waals surface area (Å²) in [6.45, 7) is 9.82. The van der Waals surface area contributed by atoms with Crippen molar-refractivity contribution in [3.63, 3.8) is 0 Å². The molecule has 2 aliphatic heterocycles. The number of ether oxygens (including phenoxy) is 1. The molecule has 1 N–H and O–H groups in total. The highest BCUT2D eigenvalue weighted by atomic mass is 35.5. The number of rotatable bonds is 11. The number of halogens is 1. The maximum absolute atomic E-state index is 12.8. The summed E-state index contributed by atoms with van der Waals surface area (Å²) in [7, 11) is 0.162. The van der Waals surface area contributed by atoms with Gasteiger partial charge in [0, 0.05) is 107 Å². The zero-order chi connectivity index (χ0) is 37.2. The zero-order valence-corrected chi connectivity index (χ0v) is 31.9. The summed E-state index contributed by atoms with van der Waals surface area (Å²) >= 11 is 6.19. The van der Waals surface area contributed by atoms with Gasteiger partial charge >= 0.3 is 0 Å². The number of piperidine rings is 1. The lowest BCUT2D eigenvalue weighted by molar-refractivity contribution is 0.0825. The number of nitrogens with zero attached hydrogens (tertiary/aromatic N) is 8. The summed E-state index contributed by atoms with van der Waals surface area (Å²) in [5.41, 5.74) is 4.43. The van der Waals surface area contributed by atoms with Crippen LogP contribution in [0.25, 0.3) is 10.9 Å². The van der Waals surface area contributed by atoms with E-state index in [9.17, 15) is 18.5 Å². The van der Waals surface area contributed by atoms with Crippen LogP contribution in [0.3, 0.4) is 0 Å². The largest absolute Gasteiger partial charge is 0.435 e. The molecule has 276 valence electrons. The molecule has 2 fully saturated rings. The van der Waals surface area contributed by atoms with Crippen LogP contribution in [0.15, 0.2) is 48.8 Å². The van der Waals surface area contributed by atoms with E-state index in [4.69, 9.17) is 16.3 Å². The maximum Gasteiger partial charge on any atom is 0.262 e. The summed E-state index contributed by atoms with van der Waals surface area (Å²) in [6, 6.07) is 14.0. The molecule has 2 saturated heterocycles. The third kappa shape index (κ3) is 8.35. The number of likely N-dealkylation sites (tertiary alicyclic amines) is 1. The minimum Gasteiger partial charge on any atom is -0.435 e. The Hall–Kier alpha value is -4.26. The van der Waals surface area contributed by atoms with Crippen LogP contribution in [0.4, 0.5) is 5.82 Å². The fourth-order valence-electron chi connectivity index (χ4n) is 7.11. The number of nitrogens with one attached hydrogen (secondary N) is 1. The van der Waals surface area contributed by atoms with Crippen LogP contribution in [-0.2, 0) is 23.1 Å². The number of fused-ring (bicyclic) bond motifs is 1. The zero-order valence-electron chi connectivity index (χ0n) is 30.3. The van der Waals surface area contributed by atoms with E-state index in [-0.39, 0.29) is 23.9 Å². The molecular weight excluding hydrogens is 702 g/mol. The molecule has 4 heterocycles. The first kappa shape index (κ1) is 37.5. The van der Waals surface area contributed by atoms with E-state index in [1.165, 1.54) is 26.6 Å². The van der Waals surface area contributed by atoms with Crippen LogP contribution in [-0.4, -0.2) is 120 Å². The molecule has 52 heavy (non-hydrogen) atoms. The molecule has 0 spiro atoms. The number of carbonyl (C=O) groups excluding carboxylic acids is 1. The molecule has 15 heteroatoms. The van der Waals surface area contributed by atoms with Gasteiger partial charge in [-0.15, -0.1) is 0 Å². The lowest BCUT2D eigenvalue weighted by atomic mass is 10.0. The van der Waals surface area contributed by atoms with E-state index < -0.39 is 10.0 Å². The van der Waals surface area contributed by atoms with Crippen LogP contribution in [0.1, 0.15) is 46.9 Å². The first-order chi connectivity index (χ1) is 24.8. The predicted molar refractivity (Wildman–Crippen MR) is 202 cm³/mol. The Bertz CT molecular complexity index is 2080. The van der Waals surface area contributed by atoms with Crippen molar-refractivity contribution in [2.24, 2.45) is 0 Å². The molecule has 6 rings (SSSR count). The second-order valence-electron chi connectivity index (χ2n) is 13.9. The number of carbonyl (C=O) groups is 1. The molecule has 2 aromatic carbocycles. The van der Waals surface area contributed by atoms with Gasteiger partial charge in [-0.1, -0.05) is 17.7 Å². The fraction of sp³-hybridized carbons (Fsp3) is 0.459. The summed E-state index contributed by atoms with van der Waals surface area (Å²) in [5, 5.41) is 15.1. The van der Waals surface area contributed by atoms with Crippen molar-refractivity contribution in [2.75, 3.05) is 64.9 Å². The number of amides is 1. The monoisotopic (exact) mass is 747 g/mol. The standard InChI is InChI=1S/C37H46ClN9O4S/c1-25(45-16-18-46(19-17-45)52(5,49)50)23-47-30(22-39)21-31-26(2)27(6-8-33(31)47)24-44-14-10-29(11-15-44)42-35-36(41-13-12-40-35)51-34-9-7-28(38)20-32(34)37(48)43(3)4/h6-9,12-13,20-21,25,29H,10-11,14-19,23-24H2,1-5H3,(H,40,42). The normalized spacial score (nSPS) is 17.2. The highest BCUT2D eigenvalue weighted by Crippen LogP contribution is 2.32. The lowest BCUT2D eigenvalue weighted by Crippen LogP contribution is -2.51. The van der Waals surface area contributed by atoms with Crippen molar-refractivity contribution in [3.05, 3.63) is 76.2 Å². The van der Waals surface area contributed by atoms with Gasteiger partial charge in [-0.3, -0.25) is 14.6 Å². The highest BCUT2D eigenvalue weighted by molar-refractivity contribution is 7.88. The summed E-state index contributed by atoms with van der Waals surface area (Å²) in [5.74, 6) is 0.931. The van der Waals surface area contributed by atoms with Gasteiger partial charge in [0.1, 0.15) is 17.5 Å². The van der Waals surface area contributed by atoms with Gasteiger partial charge in [0.2, 0.25) is 10.0 Å². The maximum atomic E-state index is 12.8. The van der Waals surface area contributed by atoms with Gasteiger partial charge in [0.25, 0.3) is 11.8 Å². The fourth-order valence-corrected chi connectivity index (χ4v) is 8.11. The molecule has 0 radical (unpaired) electrons. The third-order valence-electron chi connectivity index (χ3n) is 10.2. The SMILES string of the molecule is Cc1c(CN2CCC(Nc3nccnc3Oc3ccc(Cl)cc3C(=O)N(C)C)CC2)ccc2c1cc(C#N)n2CC(C)N1CCN(S(C)(=O)=O)CC1. The first-order valence-electron chi connectivity index (χ1n) is 17.5. The van der Waals surface area contributed by atoms with E-state index in [1.54, 1.807) is 44.7 Å². The van der Waals surface area contributed by atoms with Gasteiger partial charge in [0.15, 0.2) is 5.82 Å². The Morgan fingerprint density at radius 1 is 1.08 bits per heavy atom. The first-order valence-corrected chi connectivity index (χ1v) is 19.7. The Kier molecular flexibility index (Phi) is 11.4. The van der Waals surface area contributed by atoms with Crippen LogP contribution in [0, 0.1) is 18.3 Å². The van der Waals surface area contributed by atoms with Crippen molar-refractivity contribution in [3.8, 4) is 17.7 Å².